The van der Waals surface area contributed by atoms with Crippen LogP contribution < -0.4 is 21.3 Å². The van der Waals surface area contributed by atoms with Gasteiger partial charge in [0.25, 0.3) is 0 Å². The molecule has 0 aliphatic carbocycles. The largest absolute Gasteiger partial charge is 0.324 e. The lowest BCUT2D eigenvalue weighted by Gasteiger charge is -2.14. The molecule has 6 aromatic rings. The summed E-state index contributed by atoms with van der Waals surface area (Å²) < 4.78 is 0. The summed E-state index contributed by atoms with van der Waals surface area (Å²) in [6.45, 7) is 18.7. The highest BCUT2D eigenvalue weighted by Gasteiger charge is 2.13. The van der Waals surface area contributed by atoms with Gasteiger partial charge in [0, 0.05) is 35.1 Å². The van der Waals surface area contributed by atoms with Crippen LogP contribution in [-0.4, -0.2) is 29.9 Å². The van der Waals surface area contributed by atoms with Crippen molar-refractivity contribution in [2.75, 3.05) is 21.3 Å². The summed E-state index contributed by atoms with van der Waals surface area (Å²) in [5, 5.41) is 13.6. The third-order valence-corrected chi connectivity index (χ3v) is 8.94. The molecule has 0 spiro atoms. The van der Waals surface area contributed by atoms with Crippen LogP contribution in [0.3, 0.4) is 0 Å². The second kappa shape index (κ2) is 16.0. The molecule has 0 bridgehead atoms. The summed E-state index contributed by atoms with van der Waals surface area (Å²) in [5.41, 5.74) is 12.9. The standard InChI is InChI=1S/C43H48N10/c1-10-38-48-40(52-42(49-38)46-36-21-26(4)11-13-28(36)6)44-34-19-17-32(30(8)23-34)15-16-33-18-20-35(24-31(33)9)45-41-50-39(25(2)3)51-43(53-41)47-37-22-27(5)12-14-29(37)7/h11-25H,10H2,1-9H3,(H2,44,46,48,49,52)(H2,45,47,50,51,53)/b16-15+. The molecule has 10 heteroatoms. The molecule has 2 heterocycles. The first-order valence-corrected chi connectivity index (χ1v) is 18.1. The maximum atomic E-state index is 4.71. The molecule has 4 aromatic carbocycles. The Morgan fingerprint density at radius 2 is 0.925 bits per heavy atom. The SMILES string of the molecule is CCc1nc(Nc2ccc(/C=C/c3ccc(Nc4nc(Nc5cc(C)ccc5C)nc(C(C)C)n4)cc3C)c(C)c2)nc(Nc2cc(C)ccc2C)n1. The van der Waals surface area contributed by atoms with E-state index in [4.69, 9.17) is 15.0 Å². The highest BCUT2D eigenvalue weighted by Crippen LogP contribution is 2.26. The Kier molecular flexibility index (Phi) is 11.1. The molecule has 2 aromatic heterocycles. The lowest BCUT2D eigenvalue weighted by atomic mass is 10.0. The van der Waals surface area contributed by atoms with Gasteiger partial charge in [0.1, 0.15) is 11.6 Å². The van der Waals surface area contributed by atoms with Crippen LogP contribution in [0.4, 0.5) is 46.5 Å². The molecule has 0 fully saturated rings. The van der Waals surface area contributed by atoms with Gasteiger partial charge in [0.15, 0.2) is 0 Å². The molecule has 0 aliphatic heterocycles. The summed E-state index contributed by atoms with van der Waals surface area (Å²) in [7, 11) is 0. The van der Waals surface area contributed by atoms with Crippen LogP contribution in [0.5, 0.6) is 0 Å². The minimum atomic E-state index is 0.141. The molecule has 0 amide bonds. The molecule has 53 heavy (non-hydrogen) atoms. The second-order valence-corrected chi connectivity index (χ2v) is 13.9. The fraction of sp³-hybridized carbons (Fsp3) is 0.256. The van der Waals surface area contributed by atoms with Crippen molar-refractivity contribution in [3.63, 3.8) is 0 Å². The van der Waals surface area contributed by atoms with E-state index in [-0.39, 0.29) is 5.92 Å². The highest BCUT2D eigenvalue weighted by molar-refractivity contribution is 5.75. The summed E-state index contributed by atoms with van der Waals surface area (Å²) in [6, 6.07) is 25.1. The molecular formula is C43H48N10. The normalized spacial score (nSPS) is 11.3. The average molecular weight is 705 g/mol. The lowest BCUT2D eigenvalue weighted by Crippen LogP contribution is -2.09. The van der Waals surface area contributed by atoms with Gasteiger partial charge in [-0.15, -0.1) is 0 Å². The van der Waals surface area contributed by atoms with Crippen LogP contribution in [0.15, 0.2) is 72.8 Å². The van der Waals surface area contributed by atoms with Crippen LogP contribution in [0.1, 0.15) is 82.8 Å². The van der Waals surface area contributed by atoms with Gasteiger partial charge in [-0.3, -0.25) is 0 Å². The van der Waals surface area contributed by atoms with Crippen molar-refractivity contribution in [1.82, 2.24) is 29.9 Å². The minimum Gasteiger partial charge on any atom is -0.324 e. The molecule has 0 atom stereocenters. The molecule has 0 radical (unpaired) electrons. The van der Waals surface area contributed by atoms with E-state index in [1.807, 2.05) is 19.1 Å². The Hall–Kier alpha value is -6.16. The van der Waals surface area contributed by atoms with Crippen LogP contribution in [0.25, 0.3) is 12.2 Å². The second-order valence-electron chi connectivity index (χ2n) is 13.9. The number of aromatic nitrogens is 6. The number of anilines is 8. The van der Waals surface area contributed by atoms with Gasteiger partial charge in [0.05, 0.1) is 0 Å². The van der Waals surface area contributed by atoms with Gasteiger partial charge in [-0.25, -0.2) is 0 Å². The molecule has 270 valence electrons. The Bertz CT molecular complexity index is 2290. The smallest absolute Gasteiger partial charge is 0.232 e. The minimum absolute atomic E-state index is 0.141. The van der Waals surface area contributed by atoms with Crippen LogP contribution in [0.2, 0.25) is 0 Å². The van der Waals surface area contributed by atoms with Gasteiger partial charge in [-0.05, 0) is 122 Å². The van der Waals surface area contributed by atoms with E-state index in [0.29, 0.717) is 36.0 Å². The fourth-order valence-electron chi connectivity index (χ4n) is 5.75. The van der Waals surface area contributed by atoms with Crippen LogP contribution >= 0.6 is 0 Å². The molecule has 0 unspecified atom stereocenters. The van der Waals surface area contributed by atoms with Gasteiger partial charge in [-0.1, -0.05) is 69.3 Å². The molecular weight excluding hydrogens is 657 g/mol. The zero-order chi connectivity index (χ0) is 37.6. The average Bonchev–Trinajstić information content (AvgIpc) is 3.11. The first kappa shape index (κ1) is 36.6. The topological polar surface area (TPSA) is 125 Å². The quantitative estimate of drug-likeness (QED) is 0.0914. The van der Waals surface area contributed by atoms with Crippen LogP contribution in [-0.2, 0) is 6.42 Å². The summed E-state index contributed by atoms with van der Waals surface area (Å²) in [5.74, 6) is 3.61. The van der Waals surface area contributed by atoms with Gasteiger partial charge >= 0.3 is 0 Å². The maximum absolute atomic E-state index is 4.71. The number of nitrogens with one attached hydrogen (secondary N) is 4. The van der Waals surface area contributed by atoms with E-state index >= 15 is 0 Å². The van der Waals surface area contributed by atoms with E-state index in [1.54, 1.807) is 0 Å². The van der Waals surface area contributed by atoms with E-state index in [1.165, 1.54) is 11.1 Å². The van der Waals surface area contributed by atoms with Gasteiger partial charge < -0.3 is 21.3 Å². The van der Waals surface area contributed by atoms with Crippen molar-refractivity contribution in [2.24, 2.45) is 0 Å². The number of nitrogens with zero attached hydrogens (tertiary/aromatic N) is 6. The zero-order valence-electron chi connectivity index (χ0n) is 32.1. The first-order chi connectivity index (χ1) is 25.4. The molecule has 10 nitrogen and oxygen atoms in total. The van der Waals surface area contributed by atoms with E-state index in [2.05, 4.69) is 164 Å². The van der Waals surface area contributed by atoms with Crippen LogP contribution in [0, 0.1) is 41.5 Å². The molecule has 0 aliphatic rings. The molecule has 4 N–H and O–H groups in total. The van der Waals surface area contributed by atoms with Crippen molar-refractivity contribution in [1.29, 1.82) is 0 Å². The summed E-state index contributed by atoms with van der Waals surface area (Å²) in [4.78, 5) is 28.0. The Labute approximate surface area is 312 Å². The van der Waals surface area contributed by atoms with E-state index < -0.39 is 0 Å². The van der Waals surface area contributed by atoms with Crippen molar-refractivity contribution >= 4 is 58.7 Å². The summed E-state index contributed by atoms with van der Waals surface area (Å²) in [6.07, 6.45) is 4.98. The molecule has 0 saturated carbocycles. The molecule has 6 rings (SSSR count). The first-order valence-electron chi connectivity index (χ1n) is 18.1. The Morgan fingerprint density at radius 1 is 0.491 bits per heavy atom. The fourth-order valence-corrected chi connectivity index (χ4v) is 5.75. The monoisotopic (exact) mass is 704 g/mol. The Morgan fingerprint density at radius 3 is 1.36 bits per heavy atom. The number of hydrogen-bond donors (Lipinski definition) is 4. The highest BCUT2D eigenvalue weighted by atomic mass is 15.2. The number of rotatable bonds is 12. The van der Waals surface area contributed by atoms with Crippen molar-refractivity contribution in [3.8, 4) is 0 Å². The number of aryl methyl sites for hydroxylation is 7. The predicted molar refractivity (Wildman–Crippen MR) is 219 cm³/mol. The third kappa shape index (κ3) is 9.39. The lowest BCUT2D eigenvalue weighted by molar-refractivity contribution is 0.766. The molecule has 0 saturated heterocycles. The third-order valence-electron chi connectivity index (χ3n) is 8.94. The maximum Gasteiger partial charge on any atom is 0.232 e. The number of hydrogen-bond acceptors (Lipinski definition) is 10. The Balaban J connectivity index is 1.15. The number of benzene rings is 4. The van der Waals surface area contributed by atoms with Crippen molar-refractivity contribution < 1.29 is 0 Å². The summed E-state index contributed by atoms with van der Waals surface area (Å²) >= 11 is 0. The van der Waals surface area contributed by atoms with Gasteiger partial charge in [-0.2, -0.15) is 29.9 Å². The van der Waals surface area contributed by atoms with Crippen molar-refractivity contribution in [3.05, 3.63) is 129 Å². The van der Waals surface area contributed by atoms with E-state index in [9.17, 15) is 0 Å². The van der Waals surface area contributed by atoms with Crippen molar-refractivity contribution in [2.45, 2.75) is 74.7 Å². The van der Waals surface area contributed by atoms with Gasteiger partial charge in [0.2, 0.25) is 23.8 Å². The predicted octanol–water partition coefficient (Wildman–Crippen LogP) is 10.7. The zero-order valence-corrected chi connectivity index (χ0v) is 32.1. The van der Waals surface area contributed by atoms with E-state index in [0.717, 1.165) is 62.0 Å².